The van der Waals surface area contributed by atoms with Gasteiger partial charge in [-0.2, -0.15) is 0 Å². The number of carbonyl (C=O) groups excluding carboxylic acids is 1. The molecular weight excluding hydrogens is 264 g/mol. The summed E-state index contributed by atoms with van der Waals surface area (Å²) in [7, 11) is 0. The Morgan fingerprint density at radius 1 is 1.10 bits per heavy atom. The first-order valence-corrected chi connectivity index (χ1v) is 7.32. The first-order valence-electron chi connectivity index (χ1n) is 7.32. The van der Waals surface area contributed by atoms with Gasteiger partial charge in [0.1, 0.15) is 0 Å². The molecule has 0 saturated heterocycles. The second-order valence-corrected chi connectivity index (χ2v) is 4.96. The van der Waals surface area contributed by atoms with Crippen LogP contribution >= 0.6 is 0 Å². The molecule has 2 aromatic carbocycles. The smallest absolute Gasteiger partial charge is 0.224 e. The van der Waals surface area contributed by atoms with Gasteiger partial charge in [0.05, 0.1) is 13.0 Å². The molecule has 0 atom stereocenters. The third-order valence-electron chi connectivity index (χ3n) is 3.23. The third kappa shape index (κ3) is 5.17. The first kappa shape index (κ1) is 15.5. The molecule has 0 unspecified atom stereocenters. The Labute approximate surface area is 125 Å². The van der Waals surface area contributed by atoms with Gasteiger partial charge in [-0.05, 0) is 22.8 Å². The zero-order chi connectivity index (χ0) is 14.9. The number of amides is 1. The van der Waals surface area contributed by atoms with E-state index in [4.69, 9.17) is 10.5 Å². The molecule has 0 aromatic heterocycles. The Kier molecular flexibility index (Phi) is 6.19. The maximum absolute atomic E-state index is 11.9. The van der Waals surface area contributed by atoms with Crippen molar-refractivity contribution in [2.45, 2.75) is 12.8 Å². The predicted molar refractivity (Wildman–Crippen MR) is 85.2 cm³/mol. The molecule has 0 saturated carbocycles. The minimum atomic E-state index is 0.0455. The van der Waals surface area contributed by atoms with Crippen molar-refractivity contribution in [1.82, 2.24) is 5.32 Å². The number of fused-ring (bicyclic) bond motifs is 1. The number of ether oxygens (including phenoxy) is 1. The summed E-state index contributed by atoms with van der Waals surface area (Å²) in [6, 6.07) is 14.3. The fourth-order valence-electron chi connectivity index (χ4n) is 2.18. The zero-order valence-electron chi connectivity index (χ0n) is 12.2. The molecule has 0 aliphatic rings. The second-order valence-electron chi connectivity index (χ2n) is 4.96. The van der Waals surface area contributed by atoms with Crippen LogP contribution in [0.2, 0.25) is 0 Å². The van der Waals surface area contributed by atoms with Crippen molar-refractivity contribution >= 4 is 16.7 Å². The summed E-state index contributed by atoms with van der Waals surface area (Å²) in [6.07, 6.45) is 1.22. The van der Waals surface area contributed by atoms with E-state index in [-0.39, 0.29) is 5.91 Å². The zero-order valence-corrected chi connectivity index (χ0v) is 12.2. The van der Waals surface area contributed by atoms with Crippen molar-refractivity contribution in [3.8, 4) is 0 Å². The van der Waals surface area contributed by atoms with Crippen LogP contribution in [0.1, 0.15) is 12.0 Å². The number of nitrogens with two attached hydrogens (primary N) is 1. The summed E-state index contributed by atoms with van der Waals surface area (Å²) in [4.78, 5) is 11.9. The third-order valence-corrected chi connectivity index (χ3v) is 3.23. The van der Waals surface area contributed by atoms with E-state index in [1.54, 1.807) is 0 Å². The minimum Gasteiger partial charge on any atom is -0.380 e. The lowest BCUT2D eigenvalue weighted by Crippen LogP contribution is -2.27. The molecule has 3 N–H and O–H groups in total. The van der Waals surface area contributed by atoms with Crippen LogP contribution in [0, 0.1) is 0 Å². The van der Waals surface area contributed by atoms with Gasteiger partial charge in [0, 0.05) is 19.7 Å². The Morgan fingerprint density at radius 3 is 2.71 bits per heavy atom. The highest BCUT2D eigenvalue weighted by Gasteiger charge is 2.03. The Balaban J connectivity index is 1.76. The van der Waals surface area contributed by atoms with Gasteiger partial charge < -0.3 is 15.8 Å². The second kappa shape index (κ2) is 8.39. The van der Waals surface area contributed by atoms with Crippen LogP contribution in [-0.4, -0.2) is 32.2 Å². The number of rotatable bonds is 8. The van der Waals surface area contributed by atoms with Crippen LogP contribution in [0.4, 0.5) is 0 Å². The predicted octanol–water partition coefficient (Wildman–Crippen LogP) is 1.86. The van der Waals surface area contributed by atoms with E-state index in [1.165, 1.54) is 5.39 Å². The normalized spacial score (nSPS) is 10.7. The highest BCUT2D eigenvalue weighted by Crippen LogP contribution is 2.15. The number of hydrogen-bond donors (Lipinski definition) is 2. The van der Waals surface area contributed by atoms with E-state index >= 15 is 0 Å². The molecule has 112 valence electrons. The van der Waals surface area contributed by atoms with E-state index < -0.39 is 0 Å². The maximum atomic E-state index is 11.9. The van der Waals surface area contributed by atoms with Crippen LogP contribution < -0.4 is 11.1 Å². The molecule has 2 aromatic rings. The fraction of sp³-hybridized carbons (Fsp3) is 0.353. The van der Waals surface area contributed by atoms with Gasteiger partial charge >= 0.3 is 0 Å². The summed E-state index contributed by atoms with van der Waals surface area (Å²) < 4.78 is 5.25. The Morgan fingerprint density at radius 2 is 1.90 bits per heavy atom. The molecule has 2 rings (SSSR count). The van der Waals surface area contributed by atoms with Gasteiger partial charge in [0.25, 0.3) is 0 Å². The van der Waals surface area contributed by atoms with Crippen LogP contribution in [0.5, 0.6) is 0 Å². The van der Waals surface area contributed by atoms with E-state index in [2.05, 4.69) is 29.6 Å². The van der Waals surface area contributed by atoms with E-state index in [1.807, 2.05) is 18.2 Å². The molecule has 0 aliphatic carbocycles. The average Bonchev–Trinajstić information content (AvgIpc) is 2.50. The largest absolute Gasteiger partial charge is 0.380 e. The molecule has 0 bridgehead atoms. The minimum absolute atomic E-state index is 0.0455. The number of hydrogen-bond acceptors (Lipinski definition) is 3. The van der Waals surface area contributed by atoms with Crippen molar-refractivity contribution in [3.63, 3.8) is 0 Å². The fourth-order valence-corrected chi connectivity index (χ4v) is 2.18. The summed E-state index contributed by atoms with van der Waals surface area (Å²) in [6.45, 7) is 2.38. The van der Waals surface area contributed by atoms with Gasteiger partial charge in [-0.15, -0.1) is 0 Å². The highest BCUT2D eigenvalue weighted by atomic mass is 16.5. The number of benzene rings is 2. The molecule has 4 nitrogen and oxygen atoms in total. The quantitative estimate of drug-likeness (QED) is 0.728. The van der Waals surface area contributed by atoms with Crippen LogP contribution in [0.25, 0.3) is 10.8 Å². The van der Waals surface area contributed by atoms with Gasteiger partial charge in [-0.1, -0.05) is 42.5 Å². The molecule has 0 fully saturated rings. The van der Waals surface area contributed by atoms with E-state index in [0.717, 1.165) is 17.4 Å². The summed E-state index contributed by atoms with van der Waals surface area (Å²) in [5, 5.41) is 5.26. The van der Waals surface area contributed by atoms with Crippen LogP contribution in [-0.2, 0) is 16.0 Å². The summed E-state index contributed by atoms with van der Waals surface area (Å²) >= 11 is 0. The van der Waals surface area contributed by atoms with Crippen molar-refractivity contribution in [3.05, 3.63) is 48.0 Å². The van der Waals surface area contributed by atoms with Crippen LogP contribution in [0.3, 0.4) is 0 Å². The molecule has 0 heterocycles. The molecule has 0 radical (unpaired) electrons. The van der Waals surface area contributed by atoms with Crippen molar-refractivity contribution in [2.75, 3.05) is 26.3 Å². The number of nitrogens with one attached hydrogen (secondary N) is 1. The summed E-state index contributed by atoms with van der Waals surface area (Å²) in [5.41, 5.74) is 6.36. The lowest BCUT2D eigenvalue weighted by molar-refractivity contribution is -0.120. The van der Waals surface area contributed by atoms with E-state index in [9.17, 15) is 4.79 Å². The molecule has 0 spiro atoms. The van der Waals surface area contributed by atoms with Crippen molar-refractivity contribution in [2.24, 2.45) is 5.73 Å². The van der Waals surface area contributed by atoms with Gasteiger partial charge in [-0.25, -0.2) is 0 Å². The summed E-state index contributed by atoms with van der Waals surface area (Å²) in [5.74, 6) is 0.0455. The molecule has 0 aliphatic heterocycles. The number of carbonyl (C=O) groups is 1. The SMILES string of the molecule is NCCOCCCNC(=O)Cc1ccc2ccccc2c1. The molecule has 4 heteroatoms. The monoisotopic (exact) mass is 286 g/mol. The van der Waals surface area contributed by atoms with Crippen LogP contribution in [0.15, 0.2) is 42.5 Å². The van der Waals surface area contributed by atoms with Gasteiger partial charge in [0.15, 0.2) is 0 Å². The van der Waals surface area contributed by atoms with Crippen molar-refractivity contribution < 1.29 is 9.53 Å². The average molecular weight is 286 g/mol. The Hall–Kier alpha value is -1.91. The van der Waals surface area contributed by atoms with Crippen molar-refractivity contribution in [1.29, 1.82) is 0 Å². The first-order chi connectivity index (χ1) is 10.3. The Bertz CT molecular complexity index is 584. The maximum Gasteiger partial charge on any atom is 0.224 e. The standard InChI is InChI=1S/C17H22N2O2/c18-8-11-21-10-3-9-19-17(20)13-14-6-7-15-4-1-2-5-16(15)12-14/h1-2,4-7,12H,3,8-11,13,18H2,(H,19,20). The lowest BCUT2D eigenvalue weighted by Gasteiger charge is -2.07. The van der Waals surface area contributed by atoms with Gasteiger partial charge in [-0.3, -0.25) is 4.79 Å². The molecule has 21 heavy (non-hydrogen) atoms. The lowest BCUT2D eigenvalue weighted by atomic mass is 10.0. The highest BCUT2D eigenvalue weighted by molar-refractivity contribution is 5.85. The van der Waals surface area contributed by atoms with Gasteiger partial charge in [0.2, 0.25) is 5.91 Å². The topological polar surface area (TPSA) is 64.3 Å². The molecule has 1 amide bonds. The van der Waals surface area contributed by atoms with E-state index in [0.29, 0.717) is 32.7 Å². The molecular formula is C17H22N2O2.